The van der Waals surface area contributed by atoms with Gasteiger partial charge in [-0.05, 0) is 17.5 Å². The van der Waals surface area contributed by atoms with Crippen molar-refractivity contribution in [2.45, 2.75) is 6.54 Å². The second kappa shape index (κ2) is 6.44. The lowest BCUT2D eigenvalue weighted by molar-refractivity contribution is 0.0780. The van der Waals surface area contributed by atoms with Crippen LogP contribution in [0.5, 0.6) is 5.88 Å². The SMILES string of the molecule is COc1ncccc1CN(C)C(=O)c1nccc2ccccc12. The van der Waals surface area contributed by atoms with Gasteiger partial charge in [0.15, 0.2) is 0 Å². The fourth-order valence-electron chi connectivity index (χ4n) is 2.53. The van der Waals surface area contributed by atoms with Crippen LogP contribution in [0.15, 0.2) is 54.9 Å². The molecule has 0 aliphatic carbocycles. The first kappa shape index (κ1) is 15.0. The summed E-state index contributed by atoms with van der Waals surface area (Å²) in [5, 5.41) is 1.85. The highest BCUT2D eigenvalue weighted by Crippen LogP contribution is 2.20. The molecule has 2 aromatic heterocycles. The average Bonchev–Trinajstić information content (AvgIpc) is 2.61. The van der Waals surface area contributed by atoms with Gasteiger partial charge in [-0.1, -0.05) is 30.3 Å². The van der Waals surface area contributed by atoms with E-state index in [2.05, 4.69) is 9.97 Å². The maximum atomic E-state index is 12.8. The van der Waals surface area contributed by atoms with Crippen molar-refractivity contribution >= 4 is 16.7 Å². The highest BCUT2D eigenvalue weighted by atomic mass is 16.5. The lowest BCUT2D eigenvalue weighted by atomic mass is 10.1. The first-order valence-electron chi connectivity index (χ1n) is 7.28. The molecule has 0 fully saturated rings. The number of fused-ring (bicyclic) bond motifs is 1. The molecule has 0 aliphatic rings. The third-order valence-electron chi connectivity index (χ3n) is 3.67. The zero-order chi connectivity index (χ0) is 16.2. The van der Waals surface area contributed by atoms with E-state index in [0.29, 0.717) is 18.1 Å². The summed E-state index contributed by atoms with van der Waals surface area (Å²) in [7, 11) is 3.32. The van der Waals surface area contributed by atoms with E-state index in [1.165, 1.54) is 0 Å². The van der Waals surface area contributed by atoms with Gasteiger partial charge >= 0.3 is 0 Å². The molecule has 0 saturated heterocycles. The lowest BCUT2D eigenvalue weighted by Gasteiger charge is -2.18. The maximum absolute atomic E-state index is 12.8. The van der Waals surface area contributed by atoms with Crippen molar-refractivity contribution in [2.24, 2.45) is 0 Å². The molecule has 2 heterocycles. The molecule has 5 nitrogen and oxygen atoms in total. The van der Waals surface area contributed by atoms with Gasteiger partial charge in [0, 0.05) is 30.4 Å². The van der Waals surface area contributed by atoms with E-state index in [9.17, 15) is 4.79 Å². The van der Waals surface area contributed by atoms with Crippen LogP contribution in [0.1, 0.15) is 16.1 Å². The molecule has 116 valence electrons. The molecule has 5 heteroatoms. The lowest BCUT2D eigenvalue weighted by Crippen LogP contribution is -2.27. The number of carbonyl (C=O) groups excluding carboxylic acids is 1. The number of benzene rings is 1. The molecule has 3 aromatic rings. The smallest absolute Gasteiger partial charge is 0.273 e. The number of amides is 1. The third-order valence-corrected chi connectivity index (χ3v) is 3.67. The predicted octanol–water partition coefficient (Wildman–Crippen LogP) is 2.91. The van der Waals surface area contributed by atoms with Crippen LogP contribution >= 0.6 is 0 Å². The zero-order valence-electron chi connectivity index (χ0n) is 13.1. The van der Waals surface area contributed by atoms with Gasteiger partial charge in [0.1, 0.15) is 5.69 Å². The van der Waals surface area contributed by atoms with Gasteiger partial charge in [0.05, 0.1) is 13.7 Å². The van der Waals surface area contributed by atoms with Crippen molar-refractivity contribution in [1.82, 2.24) is 14.9 Å². The van der Waals surface area contributed by atoms with Gasteiger partial charge in [0.25, 0.3) is 5.91 Å². The van der Waals surface area contributed by atoms with Crippen LogP contribution in [0.2, 0.25) is 0 Å². The number of hydrogen-bond donors (Lipinski definition) is 0. The van der Waals surface area contributed by atoms with Crippen molar-refractivity contribution < 1.29 is 9.53 Å². The molecule has 1 amide bonds. The molecule has 0 unspecified atom stereocenters. The summed E-state index contributed by atoms with van der Waals surface area (Å²) in [6.45, 7) is 0.404. The van der Waals surface area contributed by atoms with Gasteiger partial charge in [-0.25, -0.2) is 4.98 Å². The second-order valence-corrected chi connectivity index (χ2v) is 5.21. The number of pyridine rings is 2. The highest BCUT2D eigenvalue weighted by Gasteiger charge is 2.17. The van der Waals surface area contributed by atoms with E-state index >= 15 is 0 Å². The van der Waals surface area contributed by atoms with Crippen molar-refractivity contribution in [3.63, 3.8) is 0 Å². The minimum absolute atomic E-state index is 0.132. The van der Waals surface area contributed by atoms with E-state index in [1.807, 2.05) is 42.5 Å². The zero-order valence-corrected chi connectivity index (χ0v) is 13.1. The first-order valence-corrected chi connectivity index (χ1v) is 7.28. The van der Waals surface area contributed by atoms with Crippen LogP contribution < -0.4 is 4.74 Å². The molecule has 1 aromatic carbocycles. The summed E-state index contributed by atoms with van der Waals surface area (Å²) in [5.74, 6) is 0.394. The Morgan fingerprint density at radius 2 is 1.91 bits per heavy atom. The van der Waals surface area contributed by atoms with Crippen LogP contribution in [0, 0.1) is 0 Å². The molecule has 3 rings (SSSR count). The molecule has 0 N–H and O–H groups in total. The van der Waals surface area contributed by atoms with Crippen molar-refractivity contribution in [3.05, 3.63) is 66.1 Å². The quantitative estimate of drug-likeness (QED) is 0.743. The van der Waals surface area contributed by atoms with E-state index in [4.69, 9.17) is 4.74 Å². The Balaban J connectivity index is 1.90. The number of ether oxygens (including phenoxy) is 1. The van der Waals surface area contributed by atoms with Crippen LogP contribution in [0.3, 0.4) is 0 Å². The Labute approximate surface area is 134 Å². The number of hydrogen-bond acceptors (Lipinski definition) is 4. The maximum Gasteiger partial charge on any atom is 0.273 e. The Morgan fingerprint density at radius 1 is 1.09 bits per heavy atom. The summed E-state index contributed by atoms with van der Waals surface area (Å²) in [6, 6.07) is 13.4. The topological polar surface area (TPSA) is 55.3 Å². The summed E-state index contributed by atoms with van der Waals surface area (Å²) >= 11 is 0. The average molecular weight is 307 g/mol. The van der Waals surface area contributed by atoms with Crippen LogP contribution in [-0.4, -0.2) is 34.9 Å². The highest BCUT2D eigenvalue weighted by molar-refractivity contribution is 6.04. The number of aromatic nitrogens is 2. The van der Waals surface area contributed by atoms with Crippen molar-refractivity contribution in [1.29, 1.82) is 0 Å². The van der Waals surface area contributed by atoms with Gasteiger partial charge in [-0.2, -0.15) is 0 Å². The molecule has 23 heavy (non-hydrogen) atoms. The fraction of sp³-hybridized carbons (Fsp3) is 0.167. The van der Waals surface area contributed by atoms with E-state index in [1.54, 1.807) is 31.5 Å². The molecular weight excluding hydrogens is 290 g/mol. The molecular formula is C18H17N3O2. The van der Waals surface area contributed by atoms with Gasteiger partial charge < -0.3 is 9.64 Å². The molecule has 0 radical (unpaired) electrons. The number of methoxy groups -OCH3 is 1. The molecule has 0 atom stereocenters. The number of carbonyl (C=O) groups is 1. The third kappa shape index (κ3) is 2.99. The Bertz CT molecular complexity index is 843. The summed E-state index contributed by atoms with van der Waals surface area (Å²) in [6.07, 6.45) is 3.32. The van der Waals surface area contributed by atoms with E-state index < -0.39 is 0 Å². The number of nitrogens with zero attached hydrogens (tertiary/aromatic N) is 3. The van der Waals surface area contributed by atoms with Crippen molar-refractivity contribution in [2.75, 3.05) is 14.2 Å². The summed E-state index contributed by atoms with van der Waals surface area (Å²) in [5.41, 5.74) is 1.31. The van der Waals surface area contributed by atoms with Crippen molar-refractivity contribution in [3.8, 4) is 5.88 Å². The minimum Gasteiger partial charge on any atom is -0.481 e. The molecule has 0 saturated carbocycles. The number of rotatable bonds is 4. The monoisotopic (exact) mass is 307 g/mol. The Kier molecular flexibility index (Phi) is 4.19. The van der Waals surface area contributed by atoms with E-state index in [-0.39, 0.29) is 5.91 Å². The largest absolute Gasteiger partial charge is 0.481 e. The predicted molar refractivity (Wildman–Crippen MR) is 88.3 cm³/mol. The minimum atomic E-state index is -0.132. The van der Waals surface area contributed by atoms with Crippen LogP contribution in [0.25, 0.3) is 10.8 Å². The standard InChI is InChI=1S/C18H17N3O2/c1-21(12-14-7-5-10-20-17(14)23-2)18(22)16-15-8-4-3-6-13(15)9-11-19-16/h3-11H,12H2,1-2H3. The van der Waals surface area contributed by atoms with Gasteiger partial charge in [-0.3, -0.25) is 9.78 Å². The fourth-order valence-corrected chi connectivity index (χ4v) is 2.53. The van der Waals surface area contributed by atoms with Gasteiger partial charge in [0.2, 0.25) is 5.88 Å². The molecule has 0 spiro atoms. The first-order chi connectivity index (χ1) is 11.2. The van der Waals surface area contributed by atoms with Crippen LogP contribution in [-0.2, 0) is 6.54 Å². The Morgan fingerprint density at radius 3 is 2.74 bits per heavy atom. The molecule has 0 bridgehead atoms. The summed E-state index contributed by atoms with van der Waals surface area (Å²) in [4.78, 5) is 22.8. The van der Waals surface area contributed by atoms with E-state index in [0.717, 1.165) is 16.3 Å². The van der Waals surface area contributed by atoms with Gasteiger partial charge in [-0.15, -0.1) is 0 Å². The Hall–Kier alpha value is -2.95. The second-order valence-electron chi connectivity index (χ2n) is 5.21. The molecule has 0 aliphatic heterocycles. The normalized spacial score (nSPS) is 10.5. The van der Waals surface area contributed by atoms with Crippen LogP contribution in [0.4, 0.5) is 0 Å². The summed E-state index contributed by atoms with van der Waals surface area (Å²) < 4.78 is 5.24.